The molecule has 2 N–H and O–H groups in total. The molecule has 1 heterocycles. The van der Waals surface area contributed by atoms with Crippen LogP contribution in [0.1, 0.15) is 40.0 Å². The van der Waals surface area contributed by atoms with Crippen molar-refractivity contribution in [2.75, 3.05) is 17.2 Å². The van der Waals surface area contributed by atoms with Gasteiger partial charge in [-0.05, 0) is 31.1 Å². The van der Waals surface area contributed by atoms with Crippen LogP contribution in [-0.2, 0) is 0 Å². The Kier molecular flexibility index (Phi) is 4.39. The lowest BCUT2D eigenvalue weighted by molar-refractivity contribution is 0.435. The molecular formula is C14H24N4. The highest BCUT2D eigenvalue weighted by atomic mass is 15.1. The van der Waals surface area contributed by atoms with Crippen LogP contribution in [0.5, 0.6) is 0 Å². The van der Waals surface area contributed by atoms with Gasteiger partial charge in [0.2, 0.25) is 0 Å². The molecule has 3 unspecified atom stereocenters. The summed E-state index contributed by atoms with van der Waals surface area (Å²) in [6, 6.07) is 2.56. The number of nitrogens with one attached hydrogen (secondary N) is 2. The lowest BCUT2D eigenvalue weighted by atomic mass is 9.98. The van der Waals surface area contributed by atoms with Crippen molar-refractivity contribution in [3.8, 4) is 0 Å². The first-order valence-electron chi connectivity index (χ1n) is 7.03. The molecule has 2 rings (SSSR count). The van der Waals surface area contributed by atoms with Gasteiger partial charge < -0.3 is 10.6 Å². The van der Waals surface area contributed by atoms with E-state index in [1.54, 1.807) is 6.33 Å². The van der Waals surface area contributed by atoms with Crippen molar-refractivity contribution in [3.05, 3.63) is 12.4 Å². The van der Waals surface area contributed by atoms with Gasteiger partial charge in [-0.15, -0.1) is 0 Å². The molecule has 0 bridgehead atoms. The van der Waals surface area contributed by atoms with Crippen LogP contribution < -0.4 is 10.6 Å². The van der Waals surface area contributed by atoms with E-state index in [-0.39, 0.29) is 0 Å². The Bertz CT molecular complexity index is 380. The summed E-state index contributed by atoms with van der Waals surface area (Å²) in [6.45, 7) is 7.76. The zero-order valence-electron chi connectivity index (χ0n) is 11.6. The number of nitrogens with zero attached hydrogens (tertiary/aromatic N) is 2. The van der Waals surface area contributed by atoms with Crippen LogP contribution >= 0.6 is 0 Å². The molecule has 1 fully saturated rings. The maximum atomic E-state index is 4.31. The molecule has 3 atom stereocenters. The van der Waals surface area contributed by atoms with Gasteiger partial charge in [-0.1, -0.05) is 20.8 Å². The number of hydrogen-bond donors (Lipinski definition) is 2. The molecule has 0 spiro atoms. The van der Waals surface area contributed by atoms with Crippen molar-refractivity contribution >= 4 is 11.6 Å². The molecule has 4 heteroatoms. The van der Waals surface area contributed by atoms with Crippen LogP contribution in [0.25, 0.3) is 0 Å². The minimum Gasteiger partial charge on any atom is -0.370 e. The summed E-state index contributed by atoms with van der Waals surface area (Å²) in [5.41, 5.74) is 0. The normalized spacial score (nSPS) is 27.2. The van der Waals surface area contributed by atoms with Crippen LogP contribution in [-0.4, -0.2) is 22.6 Å². The molecule has 0 aliphatic heterocycles. The minimum absolute atomic E-state index is 0.550. The molecule has 1 aliphatic carbocycles. The van der Waals surface area contributed by atoms with Crippen molar-refractivity contribution < 1.29 is 0 Å². The van der Waals surface area contributed by atoms with E-state index in [4.69, 9.17) is 0 Å². The summed E-state index contributed by atoms with van der Waals surface area (Å²) in [6.07, 6.45) is 5.28. The van der Waals surface area contributed by atoms with Crippen molar-refractivity contribution in [2.24, 2.45) is 11.8 Å². The first-order chi connectivity index (χ1) is 8.70. The Morgan fingerprint density at radius 1 is 1.22 bits per heavy atom. The highest BCUT2D eigenvalue weighted by molar-refractivity contribution is 5.47. The first-order valence-corrected chi connectivity index (χ1v) is 7.03. The van der Waals surface area contributed by atoms with Gasteiger partial charge in [0.05, 0.1) is 0 Å². The molecule has 4 nitrogen and oxygen atoms in total. The Morgan fingerprint density at radius 2 is 2.00 bits per heavy atom. The molecule has 0 aromatic carbocycles. The smallest absolute Gasteiger partial charge is 0.131 e. The molecule has 100 valence electrons. The summed E-state index contributed by atoms with van der Waals surface area (Å²) >= 11 is 0. The Labute approximate surface area is 110 Å². The van der Waals surface area contributed by atoms with Gasteiger partial charge in [-0.2, -0.15) is 0 Å². The summed E-state index contributed by atoms with van der Waals surface area (Å²) in [7, 11) is 0. The van der Waals surface area contributed by atoms with Crippen LogP contribution in [0, 0.1) is 11.8 Å². The third-order valence-corrected chi connectivity index (χ3v) is 4.02. The van der Waals surface area contributed by atoms with Crippen molar-refractivity contribution in [2.45, 2.75) is 46.1 Å². The molecule has 0 amide bonds. The van der Waals surface area contributed by atoms with Crippen LogP contribution in [0.3, 0.4) is 0 Å². The lowest BCUT2D eigenvalue weighted by Gasteiger charge is -2.20. The molecule has 18 heavy (non-hydrogen) atoms. The van der Waals surface area contributed by atoms with E-state index >= 15 is 0 Å². The van der Waals surface area contributed by atoms with E-state index in [1.807, 2.05) is 6.07 Å². The number of aromatic nitrogens is 2. The Balaban J connectivity index is 1.96. The van der Waals surface area contributed by atoms with Gasteiger partial charge in [0.1, 0.15) is 18.0 Å². The molecular weight excluding hydrogens is 224 g/mol. The summed E-state index contributed by atoms with van der Waals surface area (Å²) < 4.78 is 0. The van der Waals surface area contributed by atoms with Gasteiger partial charge in [-0.25, -0.2) is 9.97 Å². The Hall–Kier alpha value is -1.32. The number of rotatable bonds is 5. The Morgan fingerprint density at radius 3 is 2.67 bits per heavy atom. The minimum atomic E-state index is 0.550. The van der Waals surface area contributed by atoms with E-state index in [2.05, 4.69) is 41.4 Å². The molecule has 0 radical (unpaired) electrons. The first kappa shape index (κ1) is 13.1. The van der Waals surface area contributed by atoms with Gasteiger partial charge in [0.15, 0.2) is 0 Å². The second-order valence-electron chi connectivity index (χ2n) is 5.38. The third kappa shape index (κ3) is 3.12. The third-order valence-electron chi connectivity index (χ3n) is 4.02. The van der Waals surface area contributed by atoms with Crippen molar-refractivity contribution in [3.63, 3.8) is 0 Å². The number of hydrogen-bond acceptors (Lipinski definition) is 4. The van der Waals surface area contributed by atoms with E-state index in [1.165, 1.54) is 12.8 Å². The quantitative estimate of drug-likeness (QED) is 0.840. The zero-order valence-corrected chi connectivity index (χ0v) is 11.6. The fourth-order valence-electron chi connectivity index (χ4n) is 2.54. The van der Waals surface area contributed by atoms with Crippen molar-refractivity contribution in [1.82, 2.24) is 9.97 Å². The average Bonchev–Trinajstić information content (AvgIpc) is 2.69. The molecule has 1 aliphatic rings. The molecule has 1 aromatic rings. The van der Waals surface area contributed by atoms with Crippen LogP contribution in [0.2, 0.25) is 0 Å². The molecule has 0 saturated heterocycles. The van der Waals surface area contributed by atoms with E-state index in [0.717, 1.165) is 30.5 Å². The fourth-order valence-corrected chi connectivity index (χ4v) is 2.54. The van der Waals surface area contributed by atoms with Crippen LogP contribution in [0.15, 0.2) is 12.4 Å². The predicted molar refractivity (Wildman–Crippen MR) is 75.8 cm³/mol. The summed E-state index contributed by atoms with van der Waals surface area (Å²) in [5.74, 6) is 3.37. The SMILES string of the molecule is CCCNc1cc(NC2CCC(C)C2C)ncn1. The zero-order chi connectivity index (χ0) is 13.0. The van der Waals surface area contributed by atoms with Gasteiger partial charge >= 0.3 is 0 Å². The second kappa shape index (κ2) is 6.03. The monoisotopic (exact) mass is 248 g/mol. The highest BCUT2D eigenvalue weighted by Gasteiger charge is 2.29. The standard InChI is InChI=1S/C14H24N4/c1-4-7-15-13-8-14(17-9-16-13)18-12-6-5-10(2)11(12)3/h8-12H,4-7H2,1-3H3,(H2,15,16,17,18). The topological polar surface area (TPSA) is 49.8 Å². The average molecular weight is 248 g/mol. The molecule has 1 saturated carbocycles. The second-order valence-corrected chi connectivity index (χ2v) is 5.38. The largest absolute Gasteiger partial charge is 0.370 e. The van der Waals surface area contributed by atoms with Crippen LogP contribution in [0.4, 0.5) is 11.6 Å². The van der Waals surface area contributed by atoms with Crippen molar-refractivity contribution in [1.29, 1.82) is 0 Å². The van der Waals surface area contributed by atoms with Gasteiger partial charge in [0.25, 0.3) is 0 Å². The van der Waals surface area contributed by atoms with E-state index in [0.29, 0.717) is 12.0 Å². The van der Waals surface area contributed by atoms with Gasteiger partial charge in [-0.3, -0.25) is 0 Å². The maximum absolute atomic E-state index is 4.31. The predicted octanol–water partition coefficient (Wildman–Crippen LogP) is 3.15. The van der Waals surface area contributed by atoms with E-state index < -0.39 is 0 Å². The van der Waals surface area contributed by atoms with E-state index in [9.17, 15) is 0 Å². The highest BCUT2D eigenvalue weighted by Crippen LogP contribution is 2.32. The van der Waals surface area contributed by atoms with Gasteiger partial charge in [0, 0.05) is 18.7 Å². The fraction of sp³-hybridized carbons (Fsp3) is 0.714. The number of anilines is 2. The summed E-state index contributed by atoms with van der Waals surface area (Å²) in [5, 5.41) is 6.84. The summed E-state index contributed by atoms with van der Waals surface area (Å²) in [4.78, 5) is 8.53. The lowest BCUT2D eigenvalue weighted by Crippen LogP contribution is -2.24. The maximum Gasteiger partial charge on any atom is 0.131 e. The molecule has 1 aromatic heterocycles.